The molecule has 6 nitrogen and oxygen atoms in total. The highest BCUT2D eigenvalue weighted by Crippen LogP contribution is 2.17. The zero-order chi connectivity index (χ0) is 13.5. The normalized spacial score (nSPS) is 9.83. The van der Waals surface area contributed by atoms with Crippen LogP contribution in [-0.2, 0) is 4.79 Å². The van der Waals surface area contributed by atoms with Crippen LogP contribution in [-0.4, -0.2) is 30.1 Å². The van der Waals surface area contributed by atoms with Crippen molar-refractivity contribution in [3.8, 4) is 0 Å². The van der Waals surface area contributed by atoms with Crippen LogP contribution in [0.25, 0.3) is 0 Å². The molecule has 1 rings (SSSR count). The van der Waals surface area contributed by atoms with Gasteiger partial charge in [-0.05, 0) is 24.6 Å². The van der Waals surface area contributed by atoms with Crippen LogP contribution in [0.2, 0.25) is 0 Å². The van der Waals surface area contributed by atoms with E-state index in [0.717, 1.165) is 6.42 Å². The van der Waals surface area contributed by atoms with E-state index < -0.39 is 5.97 Å². The molecule has 98 valence electrons. The van der Waals surface area contributed by atoms with Gasteiger partial charge >= 0.3 is 5.97 Å². The first-order valence-electron chi connectivity index (χ1n) is 5.68. The van der Waals surface area contributed by atoms with E-state index in [2.05, 4.69) is 10.6 Å². The van der Waals surface area contributed by atoms with Gasteiger partial charge in [0.25, 0.3) is 0 Å². The minimum Gasteiger partial charge on any atom is -0.478 e. The molecule has 1 aromatic rings. The smallest absolute Gasteiger partial charge is 0.337 e. The third kappa shape index (κ3) is 3.97. The molecule has 6 heteroatoms. The number of aromatic carboxylic acids is 1. The molecule has 0 aliphatic carbocycles. The number of nitrogens with one attached hydrogen (secondary N) is 2. The van der Waals surface area contributed by atoms with Crippen molar-refractivity contribution in [1.82, 2.24) is 5.32 Å². The summed E-state index contributed by atoms with van der Waals surface area (Å²) in [5, 5.41) is 14.4. The van der Waals surface area contributed by atoms with Crippen molar-refractivity contribution in [3.05, 3.63) is 23.8 Å². The highest BCUT2D eigenvalue weighted by Gasteiger charge is 2.08. The van der Waals surface area contributed by atoms with E-state index in [1.807, 2.05) is 6.92 Å². The fourth-order valence-electron chi connectivity index (χ4n) is 1.38. The van der Waals surface area contributed by atoms with Gasteiger partial charge in [-0.2, -0.15) is 0 Å². The molecule has 0 spiro atoms. The fraction of sp³-hybridized carbons (Fsp3) is 0.333. The van der Waals surface area contributed by atoms with Crippen LogP contribution in [0.1, 0.15) is 23.7 Å². The minimum atomic E-state index is -1.07. The quantitative estimate of drug-likeness (QED) is 0.562. The van der Waals surface area contributed by atoms with Crippen LogP contribution >= 0.6 is 0 Å². The second-order valence-electron chi connectivity index (χ2n) is 3.81. The van der Waals surface area contributed by atoms with Gasteiger partial charge in [0.1, 0.15) is 0 Å². The van der Waals surface area contributed by atoms with Gasteiger partial charge in [0, 0.05) is 17.9 Å². The molecule has 0 atom stereocenters. The summed E-state index contributed by atoms with van der Waals surface area (Å²) in [7, 11) is 0. The minimum absolute atomic E-state index is 0.0518. The van der Waals surface area contributed by atoms with E-state index in [9.17, 15) is 9.59 Å². The third-order valence-corrected chi connectivity index (χ3v) is 2.31. The van der Waals surface area contributed by atoms with Crippen molar-refractivity contribution in [2.45, 2.75) is 13.3 Å². The van der Waals surface area contributed by atoms with Gasteiger partial charge in [-0.1, -0.05) is 6.92 Å². The highest BCUT2D eigenvalue weighted by molar-refractivity contribution is 5.94. The van der Waals surface area contributed by atoms with Gasteiger partial charge in [0.05, 0.1) is 12.1 Å². The van der Waals surface area contributed by atoms with Crippen molar-refractivity contribution in [2.75, 3.05) is 24.1 Å². The molecular weight excluding hydrogens is 234 g/mol. The Morgan fingerprint density at radius 2 is 2.11 bits per heavy atom. The molecule has 5 N–H and O–H groups in total. The Morgan fingerprint density at radius 1 is 1.39 bits per heavy atom. The van der Waals surface area contributed by atoms with E-state index in [1.54, 1.807) is 6.07 Å². The second-order valence-corrected chi connectivity index (χ2v) is 3.81. The van der Waals surface area contributed by atoms with Crippen LogP contribution in [0.5, 0.6) is 0 Å². The maximum atomic E-state index is 11.3. The number of benzene rings is 1. The van der Waals surface area contributed by atoms with E-state index in [1.165, 1.54) is 12.1 Å². The van der Waals surface area contributed by atoms with Crippen LogP contribution in [0.4, 0.5) is 11.4 Å². The molecule has 0 saturated heterocycles. The van der Waals surface area contributed by atoms with E-state index >= 15 is 0 Å². The van der Waals surface area contributed by atoms with Gasteiger partial charge in [0.2, 0.25) is 5.91 Å². The first-order chi connectivity index (χ1) is 8.54. The lowest BCUT2D eigenvalue weighted by Crippen LogP contribution is -2.30. The largest absolute Gasteiger partial charge is 0.478 e. The summed E-state index contributed by atoms with van der Waals surface area (Å²) in [5.41, 5.74) is 6.42. The maximum Gasteiger partial charge on any atom is 0.337 e. The Morgan fingerprint density at radius 3 is 2.67 bits per heavy atom. The average molecular weight is 251 g/mol. The molecule has 18 heavy (non-hydrogen) atoms. The first kappa shape index (κ1) is 13.8. The molecule has 1 amide bonds. The highest BCUT2D eigenvalue weighted by atomic mass is 16.4. The zero-order valence-electron chi connectivity index (χ0n) is 10.2. The summed E-state index contributed by atoms with van der Waals surface area (Å²) in [4.78, 5) is 22.1. The Kier molecular flexibility index (Phi) is 4.98. The first-order valence-corrected chi connectivity index (χ1v) is 5.68. The second kappa shape index (κ2) is 6.48. The number of nitrogen functional groups attached to an aromatic ring is 1. The van der Waals surface area contributed by atoms with E-state index in [0.29, 0.717) is 12.2 Å². The molecular formula is C12H17N3O3. The number of nitrogens with two attached hydrogens (primary N) is 1. The SMILES string of the molecule is CCCNC(=O)CNc1ccc(C(=O)O)c(N)c1. The Balaban J connectivity index is 2.56. The Bertz CT molecular complexity index is 446. The van der Waals surface area contributed by atoms with E-state index in [-0.39, 0.29) is 23.7 Å². The van der Waals surface area contributed by atoms with Gasteiger partial charge in [-0.25, -0.2) is 4.79 Å². The number of anilines is 2. The number of hydrogen-bond donors (Lipinski definition) is 4. The molecule has 0 saturated carbocycles. The molecule has 0 fully saturated rings. The number of carbonyl (C=O) groups excluding carboxylic acids is 1. The number of rotatable bonds is 6. The number of carboxylic acids is 1. The summed E-state index contributed by atoms with van der Waals surface area (Å²) in [6, 6.07) is 4.48. The van der Waals surface area contributed by atoms with Crippen LogP contribution in [0, 0.1) is 0 Å². The standard InChI is InChI=1S/C12H17N3O3/c1-2-5-14-11(16)7-15-8-3-4-9(12(17)18)10(13)6-8/h3-4,6,15H,2,5,7,13H2,1H3,(H,14,16)(H,17,18). The molecule has 0 heterocycles. The molecule has 0 unspecified atom stereocenters. The summed E-state index contributed by atoms with van der Waals surface area (Å²) >= 11 is 0. The lowest BCUT2D eigenvalue weighted by molar-refractivity contribution is -0.119. The summed E-state index contributed by atoms with van der Waals surface area (Å²) < 4.78 is 0. The number of carboxylic acid groups (broad SMARTS) is 1. The van der Waals surface area contributed by atoms with Crippen molar-refractivity contribution in [2.24, 2.45) is 0 Å². The Labute approximate surface area is 105 Å². The van der Waals surface area contributed by atoms with Crippen molar-refractivity contribution in [3.63, 3.8) is 0 Å². The van der Waals surface area contributed by atoms with Crippen molar-refractivity contribution in [1.29, 1.82) is 0 Å². The van der Waals surface area contributed by atoms with Crippen LogP contribution in [0.3, 0.4) is 0 Å². The summed E-state index contributed by atoms with van der Waals surface area (Å²) in [6.07, 6.45) is 0.881. The van der Waals surface area contributed by atoms with E-state index in [4.69, 9.17) is 10.8 Å². The number of amides is 1. The zero-order valence-corrected chi connectivity index (χ0v) is 10.2. The summed E-state index contributed by atoms with van der Waals surface area (Å²) in [5.74, 6) is -1.18. The lowest BCUT2D eigenvalue weighted by atomic mass is 10.1. The molecule has 0 bridgehead atoms. The lowest BCUT2D eigenvalue weighted by Gasteiger charge is -2.08. The third-order valence-electron chi connectivity index (χ3n) is 2.31. The van der Waals surface area contributed by atoms with Crippen molar-refractivity contribution >= 4 is 23.3 Å². The topological polar surface area (TPSA) is 104 Å². The monoisotopic (exact) mass is 251 g/mol. The van der Waals surface area contributed by atoms with Crippen LogP contribution < -0.4 is 16.4 Å². The predicted molar refractivity (Wildman–Crippen MR) is 69.6 cm³/mol. The molecule has 0 radical (unpaired) electrons. The molecule has 0 aromatic heterocycles. The summed E-state index contributed by atoms with van der Waals surface area (Å²) in [6.45, 7) is 2.74. The van der Waals surface area contributed by atoms with Gasteiger partial charge in [0.15, 0.2) is 0 Å². The molecule has 1 aromatic carbocycles. The average Bonchev–Trinajstić information content (AvgIpc) is 2.33. The van der Waals surface area contributed by atoms with Gasteiger partial charge in [-0.3, -0.25) is 4.79 Å². The number of carbonyl (C=O) groups is 2. The van der Waals surface area contributed by atoms with Gasteiger partial charge < -0.3 is 21.5 Å². The molecule has 0 aliphatic rings. The Hall–Kier alpha value is -2.24. The van der Waals surface area contributed by atoms with Crippen molar-refractivity contribution < 1.29 is 14.7 Å². The number of hydrogen-bond acceptors (Lipinski definition) is 4. The molecule has 0 aliphatic heterocycles. The predicted octanol–water partition coefficient (Wildman–Crippen LogP) is 0.905. The maximum absolute atomic E-state index is 11.3. The van der Waals surface area contributed by atoms with Gasteiger partial charge in [-0.15, -0.1) is 0 Å². The van der Waals surface area contributed by atoms with Crippen LogP contribution in [0.15, 0.2) is 18.2 Å². The fourth-order valence-corrected chi connectivity index (χ4v) is 1.38.